The Morgan fingerprint density at radius 3 is 2.55 bits per heavy atom. The number of hydrogen-bond acceptors (Lipinski definition) is 5. The van der Waals surface area contributed by atoms with E-state index >= 15 is 0 Å². The van der Waals surface area contributed by atoms with Gasteiger partial charge in [0.15, 0.2) is 5.96 Å². The van der Waals surface area contributed by atoms with Crippen LogP contribution in [0.4, 0.5) is 0 Å². The van der Waals surface area contributed by atoms with Crippen LogP contribution < -0.4 is 10.6 Å². The fraction of sp³-hybridized carbons (Fsp3) is 0.267. The molecule has 3 rings (SSSR count). The van der Waals surface area contributed by atoms with Crippen LogP contribution in [0.3, 0.4) is 0 Å². The standard InChI is InChI=1S/C15H17N5/c1-2-5-12(6-3-1)13-9-18-14(19-10-13)11-20-15-16-7-4-8-17-15/h1-3,5-6,9-10H,4,7-8,11H2,(H2,16,17,20). The molecule has 0 spiro atoms. The average Bonchev–Trinajstić information content (AvgIpc) is 2.55. The Balaban J connectivity index is 1.63. The second kappa shape index (κ2) is 6.14. The van der Waals surface area contributed by atoms with E-state index in [4.69, 9.17) is 0 Å². The fourth-order valence-electron chi connectivity index (χ4n) is 2.04. The third-order valence-electron chi connectivity index (χ3n) is 3.12. The first-order chi connectivity index (χ1) is 9.92. The predicted molar refractivity (Wildman–Crippen MR) is 79.2 cm³/mol. The van der Waals surface area contributed by atoms with Gasteiger partial charge in [0.2, 0.25) is 0 Å². The molecule has 0 aliphatic carbocycles. The van der Waals surface area contributed by atoms with Gasteiger partial charge in [0.1, 0.15) is 5.82 Å². The van der Waals surface area contributed by atoms with Gasteiger partial charge in [-0.05, 0) is 12.0 Å². The predicted octanol–water partition coefficient (Wildman–Crippen LogP) is 1.58. The van der Waals surface area contributed by atoms with Crippen molar-refractivity contribution in [1.82, 2.24) is 20.6 Å². The second-order valence-electron chi connectivity index (χ2n) is 4.62. The smallest absolute Gasteiger partial charge is 0.191 e. The first kappa shape index (κ1) is 12.6. The van der Waals surface area contributed by atoms with Crippen LogP contribution in [0.1, 0.15) is 12.2 Å². The Morgan fingerprint density at radius 1 is 1.05 bits per heavy atom. The number of guanidine groups is 1. The van der Waals surface area contributed by atoms with Crippen LogP contribution in [0.2, 0.25) is 0 Å². The van der Waals surface area contributed by atoms with Crippen molar-refractivity contribution in [3.63, 3.8) is 0 Å². The minimum atomic E-state index is 0.584. The number of aromatic nitrogens is 2. The van der Waals surface area contributed by atoms with E-state index in [1.807, 2.05) is 30.6 Å². The quantitative estimate of drug-likeness (QED) is 0.886. The molecule has 0 atom stereocenters. The van der Waals surface area contributed by atoms with Crippen LogP contribution in [0.5, 0.6) is 0 Å². The van der Waals surface area contributed by atoms with Gasteiger partial charge >= 0.3 is 0 Å². The number of nitrogens with one attached hydrogen (secondary N) is 2. The lowest BCUT2D eigenvalue weighted by atomic mass is 10.1. The van der Waals surface area contributed by atoms with Crippen molar-refractivity contribution in [2.45, 2.75) is 13.0 Å². The highest BCUT2D eigenvalue weighted by Crippen LogP contribution is 2.16. The highest BCUT2D eigenvalue weighted by atomic mass is 15.2. The topological polar surface area (TPSA) is 62.2 Å². The lowest BCUT2D eigenvalue weighted by Crippen LogP contribution is -2.40. The van der Waals surface area contributed by atoms with Gasteiger partial charge in [-0.25, -0.2) is 9.97 Å². The molecule has 2 heterocycles. The van der Waals surface area contributed by atoms with Crippen LogP contribution in [0.15, 0.2) is 47.7 Å². The zero-order valence-corrected chi connectivity index (χ0v) is 11.2. The summed E-state index contributed by atoms with van der Waals surface area (Å²) in [6.07, 6.45) is 4.80. The van der Waals surface area contributed by atoms with Crippen molar-refractivity contribution in [2.24, 2.45) is 4.99 Å². The Kier molecular flexibility index (Phi) is 3.87. The van der Waals surface area contributed by atoms with E-state index in [-0.39, 0.29) is 0 Å². The van der Waals surface area contributed by atoms with Crippen molar-refractivity contribution in [1.29, 1.82) is 0 Å². The summed E-state index contributed by atoms with van der Waals surface area (Å²) in [5.41, 5.74) is 2.16. The van der Waals surface area contributed by atoms with Crippen molar-refractivity contribution in [3.8, 4) is 11.1 Å². The number of rotatable bonds is 3. The van der Waals surface area contributed by atoms with Crippen molar-refractivity contribution >= 4 is 5.96 Å². The molecule has 1 aliphatic heterocycles. The molecule has 102 valence electrons. The Labute approximate surface area is 118 Å². The minimum absolute atomic E-state index is 0.584. The molecule has 5 heteroatoms. The molecule has 20 heavy (non-hydrogen) atoms. The summed E-state index contributed by atoms with van der Waals surface area (Å²) < 4.78 is 0. The van der Waals surface area contributed by atoms with Gasteiger partial charge in [-0.15, -0.1) is 0 Å². The molecule has 0 unspecified atom stereocenters. The highest BCUT2D eigenvalue weighted by Gasteiger charge is 2.04. The number of hydrogen-bond donors (Lipinski definition) is 2. The Bertz CT molecular complexity index is 577. The van der Waals surface area contributed by atoms with E-state index in [1.165, 1.54) is 0 Å². The Morgan fingerprint density at radius 2 is 1.85 bits per heavy atom. The molecule has 0 bridgehead atoms. The third kappa shape index (κ3) is 3.12. The third-order valence-corrected chi connectivity index (χ3v) is 3.12. The van der Waals surface area contributed by atoms with Gasteiger partial charge < -0.3 is 10.6 Å². The van der Waals surface area contributed by atoms with Gasteiger partial charge in [-0.2, -0.15) is 0 Å². The lowest BCUT2D eigenvalue weighted by Gasteiger charge is -2.15. The van der Waals surface area contributed by atoms with Crippen LogP contribution in [-0.4, -0.2) is 29.0 Å². The molecule has 0 fully saturated rings. The summed E-state index contributed by atoms with van der Waals surface area (Å²) >= 11 is 0. The molecule has 0 radical (unpaired) electrons. The molecular weight excluding hydrogens is 250 g/mol. The minimum Gasteiger partial charge on any atom is -0.356 e. The molecule has 2 aromatic rings. The molecule has 1 aromatic heterocycles. The molecule has 1 aromatic carbocycles. The van der Waals surface area contributed by atoms with Gasteiger partial charge in [-0.3, -0.25) is 4.99 Å². The average molecular weight is 267 g/mol. The zero-order valence-electron chi connectivity index (χ0n) is 11.2. The summed E-state index contributed by atoms with van der Waals surface area (Å²) in [4.78, 5) is 13.1. The van der Waals surface area contributed by atoms with E-state index in [0.29, 0.717) is 6.54 Å². The first-order valence-corrected chi connectivity index (χ1v) is 6.80. The van der Waals surface area contributed by atoms with Crippen LogP contribution >= 0.6 is 0 Å². The van der Waals surface area contributed by atoms with E-state index < -0.39 is 0 Å². The number of nitrogens with zero attached hydrogens (tertiary/aromatic N) is 3. The van der Waals surface area contributed by atoms with Crippen molar-refractivity contribution in [3.05, 3.63) is 48.5 Å². The molecule has 0 amide bonds. The summed E-state index contributed by atoms with van der Waals surface area (Å²) in [5.74, 6) is 1.60. The largest absolute Gasteiger partial charge is 0.356 e. The van der Waals surface area contributed by atoms with Crippen LogP contribution in [0, 0.1) is 0 Å². The Hall–Kier alpha value is -2.43. The monoisotopic (exact) mass is 267 g/mol. The SMILES string of the molecule is c1ccc(-c2cnc(CNC3=NCCCN3)nc2)cc1. The van der Waals surface area contributed by atoms with E-state index in [9.17, 15) is 0 Å². The maximum absolute atomic E-state index is 4.38. The molecule has 2 N–H and O–H groups in total. The molecule has 0 saturated carbocycles. The maximum atomic E-state index is 4.38. The second-order valence-corrected chi connectivity index (χ2v) is 4.62. The molecule has 0 saturated heterocycles. The van der Waals surface area contributed by atoms with Crippen LogP contribution in [0.25, 0.3) is 11.1 Å². The molecule has 5 nitrogen and oxygen atoms in total. The molecule has 1 aliphatic rings. The van der Waals surface area contributed by atoms with E-state index in [0.717, 1.165) is 42.4 Å². The fourth-order valence-corrected chi connectivity index (χ4v) is 2.04. The molecular formula is C15H17N5. The van der Waals surface area contributed by atoms with E-state index in [2.05, 4.69) is 37.7 Å². The van der Waals surface area contributed by atoms with Crippen molar-refractivity contribution in [2.75, 3.05) is 13.1 Å². The summed E-state index contributed by atoms with van der Waals surface area (Å²) in [6.45, 7) is 2.43. The van der Waals surface area contributed by atoms with Gasteiger partial charge in [0.05, 0.1) is 6.54 Å². The first-order valence-electron chi connectivity index (χ1n) is 6.80. The van der Waals surface area contributed by atoms with Gasteiger partial charge in [0.25, 0.3) is 0 Å². The van der Waals surface area contributed by atoms with Crippen molar-refractivity contribution < 1.29 is 0 Å². The summed E-state index contributed by atoms with van der Waals surface area (Å²) in [7, 11) is 0. The summed E-state index contributed by atoms with van der Waals surface area (Å²) in [6, 6.07) is 10.1. The highest BCUT2D eigenvalue weighted by molar-refractivity contribution is 5.80. The zero-order chi connectivity index (χ0) is 13.6. The van der Waals surface area contributed by atoms with Gasteiger partial charge in [-0.1, -0.05) is 30.3 Å². The van der Waals surface area contributed by atoms with Crippen LogP contribution in [-0.2, 0) is 6.54 Å². The summed E-state index contributed by atoms with van der Waals surface area (Å²) in [5, 5.41) is 6.42. The lowest BCUT2D eigenvalue weighted by molar-refractivity contribution is 0.693. The number of aliphatic imine (C=N–C) groups is 1. The maximum Gasteiger partial charge on any atom is 0.191 e. The number of benzene rings is 1. The van der Waals surface area contributed by atoms with Gasteiger partial charge in [0, 0.05) is 31.0 Å². The van der Waals surface area contributed by atoms with E-state index in [1.54, 1.807) is 0 Å². The normalized spacial score (nSPS) is 14.3.